The minimum absolute atomic E-state index is 0.151. The highest BCUT2D eigenvalue weighted by molar-refractivity contribution is 9.10. The van der Waals surface area contributed by atoms with Crippen LogP contribution in [0, 0.1) is 6.92 Å². The number of aromatic nitrogens is 1. The Hall–Kier alpha value is -1.27. The lowest BCUT2D eigenvalue weighted by Gasteiger charge is -2.13. The van der Waals surface area contributed by atoms with Gasteiger partial charge in [-0.3, -0.25) is 0 Å². The summed E-state index contributed by atoms with van der Waals surface area (Å²) >= 11 is 9.20. The van der Waals surface area contributed by atoms with Crippen LogP contribution in [0.15, 0.2) is 34.9 Å². The van der Waals surface area contributed by atoms with E-state index >= 15 is 0 Å². The number of alkyl halides is 3. The number of halogens is 5. The molecule has 0 aliphatic carbocycles. The van der Waals surface area contributed by atoms with Gasteiger partial charge in [-0.1, -0.05) is 11.6 Å². The van der Waals surface area contributed by atoms with Crippen molar-refractivity contribution in [2.75, 3.05) is 5.32 Å². The van der Waals surface area contributed by atoms with Gasteiger partial charge in [-0.2, -0.15) is 13.2 Å². The topological polar surface area (TPSA) is 24.9 Å². The van der Waals surface area contributed by atoms with Gasteiger partial charge in [0.05, 0.1) is 20.7 Å². The molecule has 0 atom stereocenters. The second-order valence-corrected chi connectivity index (χ2v) is 5.42. The van der Waals surface area contributed by atoms with Crippen LogP contribution in [0.25, 0.3) is 0 Å². The summed E-state index contributed by atoms with van der Waals surface area (Å²) in [4.78, 5) is 4.11. The minimum atomic E-state index is -4.42. The van der Waals surface area contributed by atoms with E-state index in [1.54, 1.807) is 12.3 Å². The van der Waals surface area contributed by atoms with Crippen molar-refractivity contribution >= 4 is 39.0 Å². The Kier molecular flexibility index (Phi) is 4.25. The third kappa shape index (κ3) is 3.43. The molecule has 0 amide bonds. The predicted molar refractivity (Wildman–Crippen MR) is 76.4 cm³/mol. The van der Waals surface area contributed by atoms with Crippen molar-refractivity contribution in [3.63, 3.8) is 0 Å². The number of hydrogen-bond donors (Lipinski definition) is 1. The van der Waals surface area contributed by atoms with Gasteiger partial charge in [0.25, 0.3) is 0 Å². The monoisotopic (exact) mass is 364 g/mol. The second-order valence-electron chi connectivity index (χ2n) is 4.16. The molecule has 2 rings (SSSR count). The Morgan fingerprint density at radius 3 is 2.55 bits per heavy atom. The number of hydrogen-bond acceptors (Lipinski definition) is 2. The smallest absolute Gasteiger partial charge is 0.338 e. The van der Waals surface area contributed by atoms with Gasteiger partial charge in [-0.25, -0.2) is 4.98 Å². The average molecular weight is 366 g/mol. The molecule has 0 spiro atoms. The summed E-state index contributed by atoms with van der Waals surface area (Å²) in [6, 6.07) is 4.90. The number of pyridine rings is 1. The van der Waals surface area contributed by atoms with E-state index in [0.29, 0.717) is 10.3 Å². The van der Waals surface area contributed by atoms with Crippen LogP contribution in [0.5, 0.6) is 0 Å². The molecule has 0 radical (unpaired) electrons. The van der Waals surface area contributed by atoms with Gasteiger partial charge in [0.15, 0.2) is 0 Å². The first kappa shape index (κ1) is 15.1. The highest BCUT2D eigenvalue weighted by Crippen LogP contribution is 2.35. The van der Waals surface area contributed by atoms with Gasteiger partial charge in [0, 0.05) is 6.20 Å². The van der Waals surface area contributed by atoms with E-state index in [-0.39, 0.29) is 10.7 Å². The fourth-order valence-electron chi connectivity index (χ4n) is 1.55. The van der Waals surface area contributed by atoms with Gasteiger partial charge >= 0.3 is 6.18 Å². The molecule has 2 nitrogen and oxygen atoms in total. The number of benzene rings is 1. The largest absolute Gasteiger partial charge is 0.416 e. The third-order valence-electron chi connectivity index (χ3n) is 2.52. The fraction of sp³-hybridized carbons (Fsp3) is 0.154. The Morgan fingerprint density at radius 1 is 1.25 bits per heavy atom. The molecule has 0 bridgehead atoms. The summed E-state index contributed by atoms with van der Waals surface area (Å²) in [5.74, 6) is 0.400. The molecule has 1 aromatic carbocycles. The molecular weight excluding hydrogens is 357 g/mol. The molecular formula is C13H9BrClF3N2. The number of rotatable bonds is 2. The van der Waals surface area contributed by atoms with E-state index in [9.17, 15) is 13.2 Å². The van der Waals surface area contributed by atoms with Crippen LogP contribution >= 0.6 is 27.5 Å². The van der Waals surface area contributed by atoms with Crippen LogP contribution in [-0.4, -0.2) is 4.98 Å². The summed E-state index contributed by atoms with van der Waals surface area (Å²) in [6.45, 7) is 1.86. The van der Waals surface area contributed by atoms with E-state index in [2.05, 4.69) is 26.2 Å². The van der Waals surface area contributed by atoms with Gasteiger partial charge in [0.2, 0.25) is 0 Å². The van der Waals surface area contributed by atoms with Crippen molar-refractivity contribution in [2.24, 2.45) is 0 Å². The standard InChI is InChI=1S/C13H9BrClF3N2/c1-7-4-9(14)12(19-6-7)20-11-5-8(13(16,17)18)2-3-10(11)15/h2-6H,1H3,(H,19,20). The number of aryl methyl sites for hydroxylation is 1. The first-order valence-corrected chi connectivity index (χ1v) is 6.70. The maximum Gasteiger partial charge on any atom is 0.416 e. The Balaban J connectivity index is 2.38. The molecule has 1 aromatic heterocycles. The third-order valence-corrected chi connectivity index (χ3v) is 3.46. The molecule has 0 unspecified atom stereocenters. The summed E-state index contributed by atoms with van der Waals surface area (Å²) in [6.07, 6.45) is -2.81. The molecule has 0 saturated heterocycles. The lowest BCUT2D eigenvalue weighted by atomic mass is 10.2. The predicted octanol–water partition coefficient (Wildman–Crippen LogP) is 5.57. The van der Waals surface area contributed by atoms with Crippen LogP contribution in [0.4, 0.5) is 24.7 Å². The van der Waals surface area contributed by atoms with Crippen LogP contribution in [0.1, 0.15) is 11.1 Å². The van der Waals surface area contributed by atoms with Gasteiger partial charge in [-0.15, -0.1) is 0 Å². The molecule has 1 heterocycles. The van der Waals surface area contributed by atoms with E-state index in [4.69, 9.17) is 11.6 Å². The molecule has 0 aliphatic rings. The zero-order chi connectivity index (χ0) is 14.9. The first-order valence-electron chi connectivity index (χ1n) is 5.53. The minimum Gasteiger partial charge on any atom is -0.338 e. The highest BCUT2D eigenvalue weighted by atomic mass is 79.9. The Morgan fingerprint density at radius 2 is 1.95 bits per heavy atom. The number of nitrogens with zero attached hydrogens (tertiary/aromatic N) is 1. The van der Waals surface area contributed by atoms with Crippen LogP contribution in [0.2, 0.25) is 5.02 Å². The Bertz CT molecular complexity index is 644. The molecule has 20 heavy (non-hydrogen) atoms. The van der Waals surface area contributed by atoms with Crippen LogP contribution in [0.3, 0.4) is 0 Å². The molecule has 2 aromatic rings. The SMILES string of the molecule is Cc1cnc(Nc2cc(C(F)(F)F)ccc2Cl)c(Br)c1. The van der Waals surface area contributed by atoms with Crippen molar-refractivity contribution in [1.29, 1.82) is 0 Å². The van der Waals surface area contributed by atoms with Crippen molar-refractivity contribution in [1.82, 2.24) is 4.98 Å². The molecule has 1 N–H and O–H groups in total. The van der Waals surface area contributed by atoms with Gasteiger partial charge < -0.3 is 5.32 Å². The van der Waals surface area contributed by atoms with E-state index in [0.717, 1.165) is 17.7 Å². The van der Waals surface area contributed by atoms with Crippen LogP contribution in [-0.2, 0) is 6.18 Å². The molecule has 106 valence electrons. The lowest BCUT2D eigenvalue weighted by Crippen LogP contribution is -2.06. The lowest BCUT2D eigenvalue weighted by molar-refractivity contribution is -0.137. The molecule has 0 aliphatic heterocycles. The quantitative estimate of drug-likeness (QED) is 0.753. The first-order chi connectivity index (χ1) is 9.27. The number of nitrogens with one attached hydrogen (secondary N) is 1. The van der Waals surface area contributed by atoms with Crippen molar-refractivity contribution in [3.8, 4) is 0 Å². The van der Waals surface area contributed by atoms with Crippen molar-refractivity contribution in [2.45, 2.75) is 13.1 Å². The molecule has 0 fully saturated rings. The summed E-state index contributed by atoms with van der Waals surface area (Å²) in [7, 11) is 0. The summed E-state index contributed by atoms with van der Waals surface area (Å²) in [5, 5.41) is 2.98. The van der Waals surface area contributed by atoms with E-state index < -0.39 is 11.7 Å². The average Bonchev–Trinajstić information content (AvgIpc) is 2.33. The summed E-state index contributed by atoms with van der Waals surface area (Å²) < 4.78 is 38.7. The normalized spacial score (nSPS) is 11.5. The zero-order valence-electron chi connectivity index (χ0n) is 10.2. The maximum absolute atomic E-state index is 12.7. The molecule has 0 saturated carbocycles. The van der Waals surface area contributed by atoms with Crippen LogP contribution < -0.4 is 5.32 Å². The van der Waals surface area contributed by atoms with Crippen molar-refractivity contribution < 1.29 is 13.2 Å². The zero-order valence-corrected chi connectivity index (χ0v) is 12.6. The highest BCUT2D eigenvalue weighted by Gasteiger charge is 2.31. The fourth-order valence-corrected chi connectivity index (χ4v) is 2.28. The number of anilines is 2. The van der Waals surface area contributed by atoms with E-state index in [1.807, 2.05) is 6.92 Å². The second kappa shape index (κ2) is 5.61. The molecule has 7 heteroatoms. The van der Waals surface area contributed by atoms with Gasteiger partial charge in [0.1, 0.15) is 5.82 Å². The van der Waals surface area contributed by atoms with Gasteiger partial charge in [-0.05, 0) is 52.7 Å². The summed E-state index contributed by atoms with van der Waals surface area (Å²) in [5.41, 5.74) is 0.309. The van der Waals surface area contributed by atoms with Crippen molar-refractivity contribution in [3.05, 3.63) is 51.1 Å². The van der Waals surface area contributed by atoms with E-state index in [1.165, 1.54) is 6.07 Å². The Labute approximate surface area is 127 Å². The maximum atomic E-state index is 12.7.